The van der Waals surface area contributed by atoms with Crippen molar-refractivity contribution in [3.63, 3.8) is 0 Å². The van der Waals surface area contributed by atoms with E-state index in [1.54, 1.807) is 0 Å². The van der Waals surface area contributed by atoms with Crippen LogP contribution in [0.3, 0.4) is 0 Å². The quantitative estimate of drug-likeness (QED) is 0.617. The van der Waals surface area contributed by atoms with Gasteiger partial charge in [-0.3, -0.25) is 4.98 Å². The van der Waals surface area contributed by atoms with E-state index in [9.17, 15) is 10.2 Å². The van der Waals surface area contributed by atoms with E-state index in [2.05, 4.69) is 68.2 Å². The molecule has 5 heteroatoms. The van der Waals surface area contributed by atoms with Crippen LogP contribution in [0, 0.1) is 16.7 Å². The van der Waals surface area contributed by atoms with Gasteiger partial charge in [0.1, 0.15) is 6.10 Å². The Bertz CT molecular complexity index is 1410. The minimum absolute atomic E-state index is 0.109. The third kappa shape index (κ3) is 2.86. The summed E-state index contributed by atoms with van der Waals surface area (Å²) >= 11 is 0. The Morgan fingerprint density at radius 1 is 1.05 bits per heavy atom. The maximum absolute atomic E-state index is 11.3. The number of allylic oxidation sites excluding steroid dienone is 3. The van der Waals surface area contributed by atoms with Gasteiger partial charge in [0.2, 0.25) is 0 Å². The second kappa shape index (κ2) is 7.41. The number of ether oxygens (including phenoxy) is 1. The molecular formula is C32H38N2O3. The average molecular weight is 499 g/mol. The number of rotatable bonds is 2. The molecule has 3 aliphatic carbocycles. The van der Waals surface area contributed by atoms with Crippen molar-refractivity contribution in [1.82, 2.24) is 9.88 Å². The Balaban J connectivity index is 1.36. The smallest absolute Gasteiger partial charge is 0.105 e. The largest absolute Gasteiger partial charge is 0.388 e. The molecule has 194 valence electrons. The van der Waals surface area contributed by atoms with Crippen LogP contribution in [-0.2, 0) is 4.74 Å². The van der Waals surface area contributed by atoms with E-state index in [-0.39, 0.29) is 22.5 Å². The van der Waals surface area contributed by atoms with Crippen LogP contribution < -0.4 is 0 Å². The van der Waals surface area contributed by atoms with Crippen molar-refractivity contribution < 1.29 is 14.9 Å². The number of nitrogens with zero attached hydrogens (tertiary/aromatic N) is 2. The number of benzene rings is 1. The first-order chi connectivity index (χ1) is 17.5. The Hall–Kier alpha value is -2.31. The van der Waals surface area contributed by atoms with Crippen LogP contribution in [0.1, 0.15) is 52.0 Å². The van der Waals surface area contributed by atoms with Gasteiger partial charge in [-0.2, -0.15) is 0 Å². The molecule has 5 aliphatic rings. The van der Waals surface area contributed by atoms with Gasteiger partial charge in [0.25, 0.3) is 0 Å². The van der Waals surface area contributed by atoms with Crippen LogP contribution >= 0.6 is 0 Å². The van der Waals surface area contributed by atoms with E-state index in [1.165, 1.54) is 22.1 Å². The summed E-state index contributed by atoms with van der Waals surface area (Å²) in [6.45, 7) is 7.16. The molecule has 2 spiro atoms. The Morgan fingerprint density at radius 3 is 2.65 bits per heavy atom. The van der Waals surface area contributed by atoms with Gasteiger partial charge in [0, 0.05) is 35.2 Å². The van der Waals surface area contributed by atoms with E-state index in [0.29, 0.717) is 12.3 Å². The first-order valence-corrected chi connectivity index (χ1v) is 13.8. The van der Waals surface area contributed by atoms with Crippen molar-refractivity contribution in [2.45, 2.75) is 75.9 Å². The van der Waals surface area contributed by atoms with Crippen molar-refractivity contribution >= 4 is 16.3 Å². The predicted molar refractivity (Wildman–Crippen MR) is 146 cm³/mol. The van der Waals surface area contributed by atoms with E-state index in [4.69, 9.17) is 4.74 Å². The van der Waals surface area contributed by atoms with Gasteiger partial charge < -0.3 is 19.8 Å². The highest BCUT2D eigenvalue weighted by atomic mass is 16.5. The van der Waals surface area contributed by atoms with Crippen LogP contribution in [0.15, 0.2) is 66.0 Å². The van der Waals surface area contributed by atoms with Crippen LogP contribution in [0.4, 0.5) is 0 Å². The number of fused-ring (bicyclic) bond motifs is 2. The topological polar surface area (TPSA) is 65.8 Å². The predicted octanol–water partition coefficient (Wildman–Crippen LogP) is 4.89. The Morgan fingerprint density at radius 2 is 1.86 bits per heavy atom. The maximum Gasteiger partial charge on any atom is 0.105 e. The molecule has 7 rings (SSSR count). The second-order valence-corrected chi connectivity index (χ2v) is 13.1. The summed E-state index contributed by atoms with van der Waals surface area (Å²) in [5.74, 6) is 0.303. The molecule has 2 bridgehead atoms. The van der Waals surface area contributed by atoms with Gasteiger partial charge in [-0.15, -0.1) is 0 Å². The molecule has 7 atom stereocenters. The summed E-state index contributed by atoms with van der Waals surface area (Å²) in [5, 5.41) is 24.6. The zero-order chi connectivity index (χ0) is 26.0. The average Bonchev–Trinajstić information content (AvgIpc) is 3.40. The van der Waals surface area contributed by atoms with Crippen molar-refractivity contribution in [2.24, 2.45) is 16.7 Å². The van der Waals surface area contributed by atoms with Gasteiger partial charge in [0.15, 0.2) is 0 Å². The fourth-order valence-electron chi connectivity index (χ4n) is 8.77. The lowest BCUT2D eigenvalue weighted by Crippen LogP contribution is -2.63. The molecule has 1 unspecified atom stereocenters. The summed E-state index contributed by atoms with van der Waals surface area (Å²) < 4.78 is 7.33. The molecule has 1 aromatic heterocycles. The van der Waals surface area contributed by atoms with E-state index < -0.39 is 17.8 Å². The molecule has 3 heterocycles. The normalized spacial score (nSPS) is 41.6. The minimum atomic E-state index is -0.904. The van der Waals surface area contributed by atoms with Crippen molar-refractivity contribution in [3.05, 3.63) is 71.6 Å². The van der Waals surface area contributed by atoms with Gasteiger partial charge in [-0.25, -0.2) is 0 Å². The van der Waals surface area contributed by atoms with Crippen molar-refractivity contribution in [2.75, 3.05) is 14.1 Å². The zero-order valence-electron chi connectivity index (χ0n) is 22.5. The third-order valence-corrected chi connectivity index (χ3v) is 11.0. The van der Waals surface area contributed by atoms with Crippen molar-refractivity contribution in [1.29, 1.82) is 0 Å². The van der Waals surface area contributed by atoms with E-state index in [0.717, 1.165) is 30.2 Å². The molecule has 2 aliphatic heterocycles. The molecule has 0 radical (unpaired) electrons. The van der Waals surface area contributed by atoms with E-state index in [1.807, 2.05) is 31.4 Å². The summed E-state index contributed by atoms with van der Waals surface area (Å²) in [7, 11) is 3.97. The standard InChI is InChI=1S/C32H38N2O3/c1-29(2)16-22-15-24-27(35)28(36)25(34(4)5)17-31(24)11-12-32(22,37-31)26-9-8-23(30(26,29)3)20-6-7-21-18-33-13-10-19(21)14-20/h6-8,10,13-16,18,25-28,35-36H,9,11-12,17H2,1-5H3/t25-,26?,27+,28+,30+,31+,32+/m0/s1. The summed E-state index contributed by atoms with van der Waals surface area (Å²) in [5.41, 5.74) is 3.67. The lowest BCUT2D eigenvalue weighted by molar-refractivity contribution is -0.170. The summed E-state index contributed by atoms with van der Waals surface area (Å²) in [6, 6.07) is 8.73. The number of pyridine rings is 1. The first-order valence-electron chi connectivity index (χ1n) is 13.8. The monoisotopic (exact) mass is 498 g/mol. The van der Waals surface area contributed by atoms with Gasteiger partial charge in [0.05, 0.1) is 17.3 Å². The molecule has 2 N–H and O–H groups in total. The van der Waals surface area contributed by atoms with Gasteiger partial charge >= 0.3 is 0 Å². The number of aliphatic hydroxyl groups excluding tert-OH is 2. The third-order valence-electron chi connectivity index (χ3n) is 11.0. The van der Waals surface area contributed by atoms with Gasteiger partial charge in [-0.1, -0.05) is 51.1 Å². The highest BCUT2D eigenvalue weighted by Crippen LogP contribution is 2.71. The minimum Gasteiger partial charge on any atom is -0.388 e. The first kappa shape index (κ1) is 23.8. The number of aromatic nitrogens is 1. The number of hydrogen-bond acceptors (Lipinski definition) is 5. The summed E-state index contributed by atoms with van der Waals surface area (Å²) in [4.78, 5) is 6.33. The number of hydrogen-bond donors (Lipinski definition) is 2. The molecule has 2 aromatic rings. The Labute approximate surface area is 219 Å². The SMILES string of the molecule is CN(C)[C@H]1C[C@@]23CC[C@@]4(O2)C(=CC(C)(C)[C@]2(C)C(c5ccc6cnccc6c5)=CCC42)C=C3[C@@H](O)[C@@H]1O. The van der Waals surface area contributed by atoms with Crippen LogP contribution in [0.2, 0.25) is 0 Å². The fourth-order valence-corrected chi connectivity index (χ4v) is 8.77. The molecule has 0 amide bonds. The lowest BCUT2D eigenvalue weighted by atomic mass is 9.49. The van der Waals surface area contributed by atoms with Crippen LogP contribution in [0.5, 0.6) is 0 Å². The molecule has 1 saturated carbocycles. The van der Waals surface area contributed by atoms with Crippen molar-refractivity contribution in [3.8, 4) is 0 Å². The number of likely N-dealkylation sites (N-methyl/N-ethyl adjacent to an activating group) is 1. The molecule has 1 aromatic carbocycles. The summed E-state index contributed by atoms with van der Waals surface area (Å²) in [6.07, 6.45) is 12.7. The number of aliphatic hydroxyl groups is 2. The highest BCUT2D eigenvalue weighted by molar-refractivity contribution is 5.87. The fraction of sp³-hybridized carbons (Fsp3) is 0.531. The highest BCUT2D eigenvalue weighted by Gasteiger charge is 2.70. The van der Waals surface area contributed by atoms with E-state index >= 15 is 0 Å². The Kier molecular flexibility index (Phi) is 4.76. The van der Waals surface area contributed by atoms with Crippen LogP contribution in [-0.4, -0.2) is 63.6 Å². The molecule has 5 nitrogen and oxygen atoms in total. The zero-order valence-corrected chi connectivity index (χ0v) is 22.5. The molecular weight excluding hydrogens is 460 g/mol. The maximum atomic E-state index is 11.3. The molecule has 2 fully saturated rings. The molecule has 37 heavy (non-hydrogen) atoms. The lowest BCUT2D eigenvalue weighted by Gasteiger charge is -2.60. The van der Waals surface area contributed by atoms with Crippen LogP contribution in [0.25, 0.3) is 16.3 Å². The molecule has 1 saturated heterocycles. The second-order valence-electron chi connectivity index (χ2n) is 13.1. The van der Waals surface area contributed by atoms with Gasteiger partial charge in [-0.05, 0) is 85.0 Å².